The molecule has 0 aliphatic carbocycles. The van der Waals surface area contributed by atoms with Crippen molar-refractivity contribution < 1.29 is 0 Å². The van der Waals surface area contributed by atoms with Gasteiger partial charge in [-0.25, -0.2) is 9.97 Å². The molecule has 0 aliphatic heterocycles. The van der Waals surface area contributed by atoms with Gasteiger partial charge in [-0.1, -0.05) is 109 Å². The number of para-hydroxylation sites is 1. The van der Waals surface area contributed by atoms with Gasteiger partial charge in [0.2, 0.25) is 0 Å². The Labute approximate surface area is 402 Å². The zero-order chi connectivity index (χ0) is 47.3. The Hall–Kier alpha value is -10.4. The lowest BCUT2D eigenvalue weighted by Gasteiger charge is -2.12. The Morgan fingerprint density at radius 2 is 0.743 bits per heavy atom. The van der Waals surface area contributed by atoms with Crippen LogP contribution in [0.25, 0.3) is 111 Å². The van der Waals surface area contributed by atoms with Crippen LogP contribution in [-0.4, -0.2) is 19.1 Å². The average molecular weight is 891 g/mol. The fraction of sp³-hybridized carbons (Fsp3) is 0. The Balaban J connectivity index is 0.846. The number of aromatic nitrogens is 4. The van der Waals surface area contributed by atoms with Crippen molar-refractivity contribution in [3.8, 4) is 91.8 Å². The largest absolute Gasteiger partial charge is 0.309 e. The van der Waals surface area contributed by atoms with E-state index in [2.05, 4.69) is 137 Å². The van der Waals surface area contributed by atoms with Gasteiger partial charge in [0.1, 0.15) is 0 Å². The van der Waals surface area contributed by atoms with Crippen LogP contribution in [0.5, 0.6) is 0 Å². The van der Waals surface area contributed by atoms with E-state index in [9.17, 15) is 21.0 Å². The van der Waals surface area contributed by atoms with Crippen LogP contribution >= 0.6 is 0 Å². The summed E-state index contributed by atoms with van der Waals surface area (Å²) in [7, 11) is 0. The van der Waals surface area contributed by atoms with E-state index in [4.69, 9.17) is 9.97 Å². The van der Waals surface area contributed by atoms with Crippen LogP contribution in [0.4, 0.5) is 0 Å². The third-order valence-electron chi connectivity index (χ3n) is 13.1. The molecule has 70 heavy (non-hydrogen) atoms. The van der Waals surface area contributed by atoms with Crippen LogP contribution in [-0.2, 0) is 0 Å². The molecule has 0 fully saturated rings. The zero-order valence-corrected chi connectivity index (χ0v) is 37.2. The lowest BCUT2D eigenvalue weighted by atomic mass is 9.98. The van der Waals surface area contributed by atoms with Gasteiger partial charge in [0.05, 0.1) is 80.0 Å². The fourth-order valence-electron chi connectivity index (χ4n) is 9.74. The molecule has 0 atom stereocenters. The molecular weight excluding hydrogens is 857 g/mol. The second-order valence-corrected chi connectivity index (χ2v) is 17.1. The molecule has 322 valence electrons. The maximum atomic E-state index is 9.91. The van der Waals surface area contributed by atoms with Gasteiger partial charge in [-0.05, 0) is 119 Å². The summed E-state index contributed by atoms with van der Waals surface area (Å²) < 4.78 is 4.53. The van der Waals surface area contributed by atoms with E-state index >= 15 is 0 Å². The van der Waals surface area contributed by atoms with E-state index in [1.165, 1.54) is 0 Å². The predicted octanol–water partition coefficient (Wildman–Crippen LogP) is 14.5. The molecule has 12 aromatic rings. The van der Waals surface area contributed by atoms with Gasteiger partial charge in [-0.2, -0.15) is 21.0 Å². The van der Waals surface area contributed by atoms with E-state index in [1.807, 2.05) is 91.0 Å². The molecule has 12 rings (SSSR count). The van der Waals surface area contributed by atoms with E-state index in [0.29, 0.717) is 50.6 Å². The molecule has 0 saturated heterocycles. The van der Waals surface area contributed by atoms with Crippen molar-refractivity contribution in [1.29, 1.82) is 21.0 Å². The summed E-state index contributed by atoms with van der Waals surface area (Å²) in [6.45, 7) is 0. The first-order valence-electron chi connectivity index (χ1n) is 22.6. The highest BCUT2D eigenvalue weighted by molar-refractivity contribution is 6.12. The van der Waals surface area contributed by atoms with Crippen molar-refractivity contribution >= 4 is 43.6 Å². The molecule has 8 heteroatoms. The highest BCUT2D eigenvalue weighted by atomic mass is 15.0. The van der Waals surface area contributed by atoms with E-state index in [1.54, 1.807) is 12.1 Å². The minimum absolute atomic E-state index is 0.417. The first kappa shape index (κ1) is 41.1. The van der Waals surface area contributed by atoms with Crippen molar-refractivity contribution in [1.82, 2.24) is 19.1 Å². The smallest absolute Gasteiger partial charge is 0.161 e. The first-order chi connectivity index (χ1) is 34.5. The minimum Gasteiger partial charge on any atom is -0.309 e. The maximum absolute atomic E-state index is 9.91. The summed E-state index contributed by atoms with van der Waals surface area (Å²) in [4.78, 5) is 9.80. The number of hydrogen-bond acceptors (Lipinski definition) is 6. The lowest BCUT2D eigenvalue weighted by molar-refractivity contribution is 1.16. The standard InChI is InChI=1S/C62H34N8/c63-35-39-13-28-59-53(31-39)54-32-40(36-64)14-29-60(54)70(59)49-27-30-61-55(33-49)52-11-5-6-12-58(52)69(61)48-25-23-44(24-26-48)42-17-15-41(16-18-42)43-19-21-45(22-20-43)56-34-57(50-9-3-1-7-46(50)37-65)68-62(67-56)51-10-4-2-8-47(51)38-66/h1-34H. The van der Waals surface area contributed by atoms with Crippen molar-refractivity contribution in [2.75, 3.05) is 0 Å². The Kier molecular flexibility index (Phi) is 9.86. The topological polar surface area (TPSA) is 131 Å². The lowest BCUT2D eigenvalue weighted by Crippen LogP contribution is -1.98. The van der Waals surface area contributed by atoms with Crippen molar-refractivity contribution in [2.24, 2.45) is 0 Å². The van der Waals surface area contributed by atoms with E-state index in [-0.39, 0.29) is 0 Å². The summed E-state index contributed by atoms with van der Waals surface area (Å²) >= 11 is 0. The molecule has 0 aliphatic rings. The van der Waals surface area contributed by atoms with E-state index in [0.717, 1.165) is 82.8 Å². The Morgan fingerprint density at radius 3 is 1.33 bits per heavy atom. The normalized spacial score (nSPS) is 11.1. The fourth-order valence-corrected chi connectivity index (χ4v) is 9.74. The highest BCUT2D eigenvalue weighted by Crippen LogP contribution is 2.39. The zero-order valence-electron chi connectivity index (χ0n) is 37.2. The van der Waals surface area contributed by atoms with Crippen LogP contribution in [0.3, 0.4) is 0 Å². The van der Waals surface area contributed by atoms with Crippen molar-refractivity contribution in [2.45, 2.75) is 0 Å². The van der Waals surface area contributed by atoms with Gasteiger partial charge in [-0.15, -0.1) is 0 Å². The predicted molar refractivity (Wildman–Crippen MR) is 277 cm³/mol. The van der Waals surface area contributed by atoms with Crippen LogP contribution in [0, 0.1) is 45.3 Å². The van der Waals surface area contributed by atoms with Gasteiger partial charge in [-0.3, -0.25) is 0 Å². The molecule has 3 aromatic heterocycles. The highest BCUT2D eigenvalue weighted by Gasteiger charge is 2.19. The summed E-state index contributed by atoms with van der Waals surface area (Å²) in [6, 6.07) is 77.7. The van der Waals surface area contributed by atoms with Gasteiger partial charge in [0.15, 0.2) is 5.82 Å². The molecule has 0 saturated carbocycles. The third kappa shape index (κ3) is 6.90. The summed E-state index contributed by atoms with van der Waals surface area (Å²) in [5, 5.41) is 43.4. The molecule has 0 radical (unpaired) electrons. The summed E-state index contributed by atoms with van der Waals surface area (Å²) in [5.41, 5.74) is 16.1. The number of fused-ring (bicyclic) bond motifs is 6. The van der Waals surface area contributed by atoms with Crippen LogP contribution in [0.1, 0.15) is 22.3 Å². The van der Waals surface area contributed by atoms with Crippen molar-refractivity contribution in [3.05, 3.63) is 229 Å². The first-order valence-corrected chi connectivity index (χ1v) is 22.6. The molecule has 0 spiro atoms. The number of hydrogen-bond donors (Lipinski definition) is 0. The number of nitrogens with zero attached hydrogens (tertiary/aromatic N) is 8. The summed E-state index contributed by atoms with van der Waals surface area (Å²) in [5.74, 6) is 0.417. The molecule has 8 nitrogen and oxygen atoms in total. The van der Waals surface area contributed by atoms with Gasteiger partial charge in [0, 0.05) is 49.6 Å². The maximum Gasteiger partial charge on any atom is 0.161 e. The second-order valence-electron chi connectivity index (χ2n) is 17.1. The molecule has 0 bridgehead atoms. The number of benzene rings is 9. The monoisotopic (exact) mass is 890 g/mol. The molecule has 0 N–H and O–H groups in total. The molecule has 0 amide bonds. The van der Waals surface area contributed by atoms with Crippen LogP contribution in [0.15, 0.2) is 206 Å². The van der Waals surface area contributed by atoms with Gasteiger partial charge < -0.3 is 9.13 Å². The SMILES string of the molecule is N#Cc1ccc2c(c1)c1cc(C#N)ccc1n2-c1ccc2c(c1)c1ccccc1n2-c1ccc(-c2ccc(-c3ccc(-c4cc(-c5ccccc5C#N)nc(-c5ccccc5C#N)n4)cc3)cc2)cc1. The Morgan fingerprint density at radius 1 is 0.314 bits per heavy atom. The Bertz CT molecular complexity index is 4120. The van der Waals surface area contributed by atoms with E-state index < -0.39 is 0 Å². The second kappa shape index (κ2) is 16.8. The molecular formula is C62H34N8. The number of rotatable bonds is 7. The van der Waals surface area contributed by atoms with Gasteiger partial charge in [0.25, 0.3) is 0 Å². The number of nitriles is 4. The molecule has 9 aromatic carbocycles. The quantitative estimate of drug-likeness (QED) is 0.157. The molecule has 0 unspecified atom stereocenters. The van der Waals surface area contributed by atoms with Gasteiger partial charge >= 0.3 is 0 Å². The summed E-state index contributed by atoms with van der Waals surface area (Å²) in [6.07, 6.45) is 0. The minimum atomic E-state index is 0.417. The average Bonchev–Trinajstić information content (AvgIpc) is 3.94. The van der Waals surface area contributed by atoms with Crippen molar-refractivity contribution in [3.63, 3.8) is 0 Å². The molecule has 3 heterocycles. The van der Waals surface area contributed by atoms with Crippen LogP contribution in [0.2, 0.25) is 0 Å². The third-order valence-corrected chi connectivity index (χ3v) is 13.1. The van der Waals surface area contributed by atoms with Crippen LogP contribution < -0.4 is 0 Å².